The fraction of sp³-hybridized carbons (Fsp3) is 0.556. The summed E-state index contributed by atoms with van der Waals surface area (Å²) in [5.41, 5.74) is -0.725. The van der Waals surface area contributed by atoms with Crippen LogP contribution in [0.25, 0.3) is 0 Å². The molecule has 8 heteroatoms. The van der Waals surface area contributed by atoms with E-state index in [1.54, 1.807) is 7.05 Å². The van der Waals surface area contributed by atoms with Crippen molar-refractivity contribution in [3.05, 3.63) is 29.6 Å². The maximum absolute atomic E-state index is 14.7. The summed E-state index contributed by atoms with van der Waals surface area (Å²) < 4.78 is 26.4. The summed E-state index contributed by atoms with van der Waals surface area (Å²) in [4.78, 5) is 24.7. The quantitative estimate of drug-likeness (QED) is 0.577. The maximum atomic E-state index is 14.7. The number of hydrogen-bond acceptors (Lipinski definition) is 5. The summed E-state index contributed by atoms with van der Waals surface area (Å²) in [6.45, 7) is 8.41. The molecule has 0 aromatic heterocycles. The van der Waals surface area contributed by atoms with Crippen LogP contribution in [0.15, 0.2) is 18.2 Å². The van der Waals surface area contributed by atoms with Gasteiger partial charge in [0, 0.05) is 24.1 Å². The number of nitrogens with zero attached hydrogens (tertiary/aromatic N) is 1. The van der Waals surface area contributed by atoms with Gasteiger partial charge in [-0.25, -0.2) is 4.39 Å². The average Bonchev–Trinajstić information content (AvgIpc) is 2.78. The van der Waals surface area contributed by atoms with Gasteiger partial charge in [-0.1, -0.05) is 6.07 Å². The molecule has 1 fully saturated rings. The van der Waals surface area contributed by atoms with Gasteiger partial charge in [0.05, 0.1) is 17.7 Å². The van der Waals surface area contributed by atoms with E-state index in [4.69, 9.17) is 9.31 Å². The molecule has 1 aliphatic rings. The average molecular weight is 364 g/mol. The molecule has 6 nitrogen and oxygen atoms in total. The molecule has 1 saturated heterocycles. The predicted molar refractivity (Wildman–Crippen MR) is 98.0 cm³/mol. The summed E-state index contributed by atoms with van der Waals surface area (Å²) >= 11 is 0. The standard InChI is InChI=1S/C18H26BFN2O4/c1-17(2)18(3,4)26-19(25-17)14-7-6-13(12-15(14)20)16(24)22(10-11-23)9-8-21-5/h6-7,11-12,21H,8-10H2,1-5H3. The minimum Gasteiger partial charge on any atom is -0.399 e. The number of hydrogen-bond donors (Lipinski definition) is 1. The Morgan fingerprint density at radius 2 is 1.88 bits per heavy atom. The Morgan fingerprint density at radius 1 is 1.27 bits per heavy atom. The number of benzene rings is 1. The molecule has 142 valence electrons. The van der Waals surface area contributed by atoms with Gasteiger partial charge in [0.25, 0.3) is 5.91 Å². The third-order valence-corrected chi connectivity index (χ3v) is 4.97. The number of amides is 1. The third kappa shape index (κ3) is 4.14. The minimum atomic E-state index is -0.834. The highest BCUT2D eigenvalue weighted by Gasteiger charge is 2.52. The molecule has 1 aromatic rings. The van der Waals surface area contributed by atoms with Crippen molar-refractivity contribution in [2.45, 2.75) is 38.9 Å². The van der Waals surface area contributed by atoms with Crippen LogP contribution in [0.5, 0.6) is 0 Å². The summed E-state index contributed by atoms with van der Waals surface area (Å²) in [5.74, 6) is -0.972. The second kappa shape index (κ2) is 7.86. The Morgan fingerprint density at radius 3 is 2.38 bits per heavy atom. The molecule has 0 saturated carbocycles. The molecule has 1 aliphatic heterocycles. The molecule has 0 unspecified atom stereocenters. The van der Waals surface area contributed by atoms with E-state index in [-0.39, 0.29) is 17.6 Å². The minimum absolute atomic E-state index is 0.0406. The highest BCUT2D eigenvalue weighted by Crippen LogP contribution is 2.36. The van der Waals surface area contributed by atoms with E-state index in [0.29, 0.717) is 19.4 Å². The van der Waals surface area contributed by atoms with Crippen molar-refractivity contribution in [2.75, 3.05) is 26.7 Å². The Balaban J connectivity index is 2.21. The Kier molecular flexibility index (Phi) is 6.21. The zero-order chi connectivity index (χ0) is 19.5. The lowest BCUT2D eigenvalue weighted by molar-refractivity contribution is -0.108. The summed E-state index contributed by atoms with van der Waals surface area (Å²) in [7, 11) is 0.919. The van der Waals surface area contributed by atoms with E-state index >= 15 is 0 Å². The van der Waals surface area contributed by atoms with Crippen molar-refractivity contribution in [1.29, 1.82) is 0 Å². The number of carbonyl (C=O) groups is 2. The Hall–Kier alpha value is -1.77. The highest BCUT2D eigenvalue weighted by molar-refractivity contribution is 6.62. The first kappa shape index (κ1) is 20.5. The SMILES string of the molecule is CNCCN(CC=O)C(=O)c1ccc(B2OC(C)(C)C(C)(C)O2)c(F)c1. The van der Waals surface area contributed by atoms with Crippen molar-refractivity contribution in [3.8, 4) is 0 Å². The van der Waals surface area contributed by atoms with Gasteiger partial charge in [-0.3, -0.25) is 4.79 Å². The van der Waals surface area contributed by atoms with Gasteiger partial charge >= 0.3 is 7.12 Å². The molecule has 0 bridgehead atoms. The third-order valence-electron chi connectivity index (χ3n) is 4.97. The number of carbonyl (C=O) groups excluding carboxylic acids is 2. The molecular weight excluding hydrogens is 338 g/mol. The molecule has 1 heterocycles. The normalized spacial score (nSPS) is 18.0. The predicted octanol–water partition coefficient (Wildman–Crippen LogP) is 0.985. The molecule has 1 N–H and O–H groups in total. The molecule has 0 aliphatic carbocycles. The van der Waals surface area contributed by atoms with Crippen LogP contribution in [0.1, 0.15) is 38.1 Å². The summed E-state index contributed by atoms with van der Waals surface area (Å²) in [5, 5.41) is 2.92. The van der Waals surface area contributed by atoms with Crippen LogP contribution in [-0.2, 0) is 14.1 Å². The number of halogens is 1. The second-order valence-corrected chi connectivity index (χ2v) is 7.35. The molecule has 1 aromatic carbocycles. The van der Waals surface area contributed by atoms with Gasteiger partial charge in [0.15, 0.2) is 0 Å². The largest absolute Gasteiger partial charge is 0.497 e. The van der Waals surface area contributed by atoms with Crippen molar-refractivity contribution >= 4 is 24.8 Å². The maximum Gasteiger partial charge on any atom is 0.497 e. The van der Waals surface area contributed by atoms with Crippen LogP contribution in [0.4, 0.5) is 4.39 Å². The van der Waals surface area contributed by atoms with Crippen molar-refractivity contribution in [2.24, 2.45) is 0 Å². The second-order valence-electron chi connectivity index (χ2n) is 7.35. The zero-order valence-corrected chi connectivity index (χ0v) is 16.0. The lowest BCUT2D eigenvalue weighted by Gasteiger charge is -2.32. The van der Waals surface area contributed by atoms with Crippen molar-refractivity contribution in [1.82, 2.24) is 10.2 Å². The first-order valence-electron chi connectivity index (χ1n) is 8.65. The molecule has 1 amide bonds. The van der Waals surface area contributed by atoms with Crippen LogP contribution in [0, 0.1) is 5.82 Å². The lowest BCUT2D eigenvalue weighted by atomic mass is 9.78. The molecule has 0 atom stereocenters. The van der Waals surface area contributed by atoms with Crippen LogP contribution >= 0.6 is 0 Å². The monoisotopic (exact) mass is 364 g/mol. The van der Waals surface area contributed by atoms with Crippen LogP contribution in [0.3, 0.4) is 0 Å². The Bertz CT molecular complexity index is 665. The fourth-order valence-electron chi connectivity index (χ4n) is 2.62. The van der Waals surface area contributed by atoms with E-state index in [1.165, 1.54) is 23.1 Å². The molecule has 0 radical (unpaired) electrons. The van der Waals surface area contributed by atoms with Gasteiger partial charge in [-0.05, 0) is 46.9 Å². The molecule has 2 rings (SSSR count). The summed E-state index contributed by atoms with van der Waals surface area (Å²) in [6.07, 6.45) is 0.655. The topological polar surface area (TPSA) is 67.9 Å². The number of aldehydes is 1. The lowest BCUT2D eigenvalue weighted by Crippen LogP contribution is -2.41. The molecule has 0 spiro atoms. The summed E-state index contributed by atoms with van der Waals surface area (Å²) in [6, 6.07) is 4.20. The van der Waals surface area contributed by atoms with E-state index < -0.39 is 30.0 Å². The van der Waals surface area contributed by atoms with Gasteiger partial charge in [-0.15, -0.1) is 0 Å². The van der Waals surface area contributed by atoms with E-state index in [0.717, 1.165) is 0 Å². The first-order chi connectivity index (χ1) is 12.1. The molecule has 26 heavy (non-hydrogen) atoms. The van der Waals surface area contributed by atoms with Gasteiger partial charge in [-0.2, -0.15) is 0 Å². The van der Waals surface area contributed by atoms with Crippen LogP contribution in [-0.4, -0.2) is 62.1 Å². The smallest absolute Gasteiger partial charge is 0.399 e. The van der Waals surface area contributed by atoms with E-state index in [1.807, 2.05) is 27.7 Å². The number of likely N-dealkylation sites (N-methyl/N-ethyl adjacent to an activating group) is 1. The van der Waals surface area contributed by atoms with Crippen molar-refractivity contribution < 1.29 is 23.3 Å². The van der Waals surface area contributed by atoms with E-state index in [9.17, 15) is 14.0 Å². The van der Waals surface area contributed by atoms with Crippen LogP contribution < -0.4 is 10.8 Å². The molecular formula is C18H26BFN2O4. The van der Waals surface area contributed by atoms with Crippen LogP contribution in [0.2, 0.25) is 0 Å². The number of nitrogens with one attached hydrogen (secondary N) is 1. The van der Waals surface area contributed by atoms with Gasteiger partial charge in [0.2, 0.25) is 0 Å². The van der Waals surface area contributed by atoms with Gasteiger partial charge < -0.3 is 24.3 Å². The highest BCUT2D eigenvalue weighted by atomic mass is 19.1. The number of rotatable bonds is 7. The fourth-order valence-corrected chi connectivity index (χ4v) is 2.62. The Labute approximate surface area is 154 Å². The first-order valence-corrected chi connectivity index (χ1v) is 8.65. The van der Waals surface area contributed by atoms with E-state index in [2.05, 4.69) is 5.32 Å². The van der Waals surface area contributed by atoms with Gasteiger partial charge in [0.1, 0.15) is 12.1 Å². The zero-order valence-electron chi connectivity index (χ0n) is 16.0. The van der Waals surface area contributed by atoms with Crippen molar-refractivity contribution in [3.63, 3.8) is 0 Å².